The molecule has 0 nitrogen and oxygen atoms in total. The van der Waals surface area contributed by atoms with Gasteiger partial charge < -0.3 is 0 Å². The van der Waals surface area contributed by atoms with Gasteiger partial charge in [0.1, 0.15) is 0 Å². The van der Waals surface area contributed by atoms with Crippen molar-refractivity contribution in [2.24, 2.45) is 0 Å². The summed E-state index contributed by atoms with van der Waals surface area (Å²) in [7, 11) is 0. The monoisotopic (exact) mass is 252 g/mol. The van der Waals surface area contributed by atoms with Crippen molar-refractivity contribution in [3.05, 3.63) is 0 Å². The molecule has 10 heteroatoms. The zero-order valence-electron chi connectivity index (χ0n) is 6.43. The van der Waals surface area contributed by atoms with Crippen molar-refractivity contribution in [1.82, 2.24) is 0 Å². The molecule has 0 N–H and O–H groups in total. The largest absolute Gasteiger partial charge is 0.425 e. The van der Waals surface area contributed by atoms with Crippen molar-refractivity contribution >= 4 is 0 Å². The van der Waals surface area contributed by atoms with Gasteiger partial charge in [-0.25, -0.2) is 13.2 Å². The van der Waals surface area contributed by atoms with Crippen LogP contribution in [0.4, 0.5) is 43.9 Å². The van der Waals surface area contributed by atoms with Gasteiger partial charge in [0.15, 0.2) is 0 Å². The molecule has 1 atom stereocenters. The molecule has 1 unspecified atom stereocenters. The van der Waals surface area contributed by atoms with E-state index < -0.39 is 30.6 Å². The molecule has 0 amide bonds. The van der Waals surface area contributed by atoms with Gasteiger partial charge >= 0.3 is 24.4 Å². The number of rotatable bonds is 3. The average Bonchev–Trinajstić information content (AvgIpc) is 2.00. The van der Waals surface area contributed by atoms with Gasteiger partial charge in [0.05, 0.1) is 0 Å². The van der Waals surface area contributed by atoms with Gasteiger partial charge in [0.2, 0.25) is 0 Å². The van der Waals surface area contributed by atoms with Crippen molar-refractivity contribution < 1.29 is 43.9 Å². The molecule has 0 aromatic heterocycles. The van der Waals surface area contributed by atoms with Gasteiger partial charge in [0.25, 0.3) is 6.17 Å². The normalized spacial score (nSPS) is 17.0. The summed E-state index contributed by atoms with van der Waals surface area (Å²) in [5.74, 6) is -12.9. The third-order valence-electron chi connectivity index (χ3n) is 1.32. The predicted molar refractivity (Wildman–Crippen MR) is 26.8 cm³/mol. The number of hydrogen-bond acceptors (Lipinski definition) is 0. The highest BCUT2D eigenvalue weighted by atomic mass is 19.4. The molecule has 0 rings (SSSR count). The Hall–Kier alpha value is -0.700. The molecule has 0 aromatic rings. The second-order valence-corrected chi connectivity index (χ2v) is 2.45. The molecule has 0 heterocycles. The van der Waals surface area contributed by atoms with Crippen LogP contribution >= 0.6 is 0 Å². The second-order valence-electron chi connectivity index (χ2n) is 2.45. The lowest BCUT2D eigenvalue weighted by molar-refractivity contribution is -0.330. The van der Waals surface area contributed by atoms with Crippen LogP contribution in [-0.2, 0) is 0 Å². The van der Waals surface area contributed by atoms with Crippen molar-refractivity contribution in [2.45, 2.75) is 30.6 Å². The Morgan fingerprint density at radius 1 is 0.600 bits per heavy atom. The number of alkyl halides is 10. The third kappa shape index (κ3) is 2.46. The van der Waals surface area contributed by atoms with E-state index >= 15 is 0 Å². The first-order valence-corrected chi connectivity index (χ1v) is 3.09. The molecule has 0 saturated carbocycles. The van der Waals surface area contributed by atoms with Gasteiger partial charge in [0, 0.05) is 0 Å². The Morgan fingerprint density at radius 2 is 0.933 bits per heavy atom. The summed E-state index contributed by atoms with van der Waals surface area (Å²) in [5.41, 5.74) is 0. The van der Waals surface area contributed by atoms with Crippen LogP contribution in [0.2, 0.25) is 0 Å². The smallest absolute Gasteiger partial charge is 0.230 e. The van der Waals surface area contributed by atoms with Crippen LogP contribution in [0, 0.1) is 0 Å². The van der Waals surface area contributed by atoms with E-state index in [-0.39, 0.29) is 0 Å². The van der Waals surface area contributed by atoms with Crippen LogP contribution in [0.1, 0.15) is 0 Å². The van der Waals surface area contributed by atoms with E-state index in [0.29, 0.717) is 0 Å². The fourth-order valence-electron chi connectivity index (χ4n) is 0.520. The Morgan fingerprint density at radius 3 is 1.13 bits per heavy atom. The minimum atomic E-state index is -6.51. The predicted octanol–water partition coefficient (Wildman–Crippen LogP) is 3.42. The van der Waals surface area contributed by atoms with Crippen LogP contribution in [0.15, 0.2) is 0 Å². The Labute approximate surface area is 75.9 Å². The van der Waals surface area contributed by atoms with Gasteiger partial charge in [-0.3, -0.25) is 0 Å². The lowest BCUT2D eigenvalue weighted by atomic mass is 10.1. The standard InChI is InChI=1S/C5H2F10/c6-1(5(13,14)15)3(9,10)4(11,12)2(7)8/h1-2H. The van der Waals surface area contributed by atoms with Crippen LogP contribution < -0.4 is 0 Å². The zero-order chi connectivity index (χ0) is 12.7. The fraction of sp³-hybridized carbons (Fsp3) is 1.00. The van der Waals surface area contributed by atoms with Gasteiger partial charge in [-0.1, -0.05) is 0 Å². The van der Waals surface area contributed by atoms with Gasteiger partial charge in [-0.05, 0) is 0 Å². The summed E-state index contributed by atoms with van der Waals surface area (Å²) < 4.78 is 116. The van der Waals surface area contributed by atoms with E-state index in [4.69, 9.17) is 0 Å². The highest BCUT2D eigenvalue weighted by Crippen LogP contribution is 2.46. The lowest BCUT2D eigenvalue weighted by Gasteiger charge is -2.29. The van der Waals surface area contributed by atoms with Crippen LogP contribution in [0.5, 0.6) is 0 Å². The second kappa shape index (κ2) is 3.71. The summed E-state index contributed by atoms with van der Waals surface area (Å²) in [5, 5.41) is 0. The Bertz CT molecular complexity index is 214. The van der Waals surface area contributed by atoms with E-state index in [2.05, 4.69) is 0 Å². The average molecular weight is 252 g/mol. The quantitative estimate of drug-likeness (QED) is 0.675. The molecule has 0 aliphatic rings. The van der Waals surface area contributed by atoms with Crippen LogP contribution in [0.3, 0.4) is 0 Å². The van der Waals surface area contributed by atoms with E-state index in [9.17, 15) is 43.9 Å². The van der Waals surface area contributed by atoms with Crippen molar-refractivity contribution in [3.63, 3.8) is 0 Å². The van der Waals surface area contributed by atoms with Crippen molar-refractivity contribution in [2.75, 3.05) is 0 Å². The molecular weight excluding hydrogens is 250 g/mol. The summed E-state index contributed by atoms with van der Waals surface area (Å²) >= 11 is 0. The lowest BCUT2D eigenvalue weighted by Crippen LogP contribution is -2.56. The topological polar surface area (TPSA) is 0 Å². The highest BCUT2D eigenvalue weighted by Gasteiger charge is 2.73. The van der Waals surface area contributed by atoms with Gasteiger partial charge in [-0.2, -0.15) is 30.7 Å². The Kier molecular flexibility index (Phi) is 3.53. The molecule has 15 heavy (non-hydrogen) atoms. The summed E-state index contributed by atoms with van der Waals surface area (Å²) in [6.07, 6.45) is -16.8. The maximum absolute atomic E-state index is 12.0. The van der Waals surface area contributed by atoms with E-state index in [1.807, 2.05) is 0 Å². The molecule has 0 bridgehead atoms. The molecule has 0 radical (unpaired) electrons. The first kappa shape index (κ1) is 14.3. The van der Waals surface area contributed by atoms with Gasteiger partial charge in [-0.15, -0.1) is 0 Å². The van der Waals surface area contributed by atoms with Crippen LogP contribution in [-0.4, -0.2) is 30.6 Å². The first-order valence-electron chi connectivity index (χ1n) is 3.09. The minimum absolute atomic E-state index is 5.10. The number of halogens is 10. The molecule has 92 valence electrons. The van der Waals surface area contributed by atoms with E-state index in [1.165, 1.54) is 0 Å². The summed E-state index contributed by atoms with van der Waals surface area (Å²) in [6, 6.07) is 0. The number of hydrogen-bond donors (Lipinski definition) is 0. The van der Waals surface area contributed by atoms with Crippen molar-refractivity contribution in [1.29, 1.82) is 0 Å². The highest BCUT2D eigenvalue weighted by molar-refractivity contribution is 4.95. The molecule has 0 fully saturated rings. The maximum Gasteiger partial charge on any atom is 0.425 e. The third-order valence-corrected chi connectivity index (χ3v) is 1.32. The maximum atomic E-state index is 12.0. The molecular formula is C5H2F10. The van der Waals surface area contributed by atoms with E-state index in [0.717, 1.165) is 0 Å². The molecule has 0 spiro atoms. The molecule has 0 aliphatic carbocycles. The minimum Gasteiger partial charge on any atom is -0.230 e. The SMILES string of the molecule is FC(F)C(F)(F)C(F)(F)C(F)C(F)(F)F. The summed E-state index contributed by atoms with van der Waals surface area (Å²) in [4.78, 5) is 0. The molecule has 0 aromatic carbocycles. The molecule has 0 aliphatic heterocycles. The van der Waals surface area contributed by atoms with Crippen LogP contribution in [0.25, 0.3) is 0 Å². The molecule has 0 saturated heterocycles. The fourth-order valence-corrected chi connectivity index (χ4v) is 0.520. The van der Waals surface area contributed by atoms with Crippen molar-refractivity contribution in [3.8, 4) is 0 Å². The summed E-state index contributed by atoms with van der Waals surface area (Å²) in [6.45, 7) is 0. The first-order chi connectivity index (χ1) is 6.35. The van der Waals surface area contributed by atoms with E-state index in [1.54, 1.807) is 0 Å². The zero-order valence-corrected chi connectivity index (χ0v) is 6.43. The Balaban J connectivity index is 5.14.